The molecular weight excluding hydrogens is 372 g/mol. The maximum atomic E-state index is 12.9. The molecule has 0 radical (unpaired) electrons. The Kier molecular flexibility index (Phi) is 4.92. The van der Waals surface area contributed by atoms with Crippen molar-refractivity contribution in [2.45, 2.75) is 45.1 Å². The van der Waals surface area contributed by atoms with E-state index < -0.39 is 23.0 Å². The summed E-state index contributed by atoms with van der Waals surface area (Å²) in [4.78, 5) is 39.9. The van der Waals surface area contributed by atoms with E-state index in [0.29, 0.717) is 11.4 Å². The van der Waals surface area contributed by atoms with Crippen molar-refractivity contribution >= 4 is 23.4 Å². The molecule has 2 heterocycles. The zero-order valence-corrected chi connectivity index (χ0v) is 16.1. The van der Waals surface area contributed by atoms with Gasteiger partial charge in [0.25, 0.3) is 11.5 Å². The molecule has 2 aromatic rings. The third-order valence-electron chi connectivity index (χ3n) is 5.44. The number of anilines is 1. The minimum absolute atomic E-state index is 0.108. The number of H-pyrrole nitrogens is 1. The lowest BCUT2D eigenvalue weighted by molar-refractivity contribution is -0.114. The van der Waals surface area contributed by atoms with Gasteiger partial charge in [-0.1, -0.05) is 37.5 Å². The fourth-order valence-electron chi connectivity index (χ4n) is 3.93. The maximum Gasteiger partial charge on any atom is 0.331 e. The van der Waals surface area contributed by atoms with Gasteiger partial charge in [-0.2, -0.15) is 10.1 Å². The van der Waals surface area contributed by atoms with Gasteiger partial charge in [-0.05, 0) is 38.0 Å². The van der Waals surface area contributed by atoms with Crippen LogP contribution in [0.25, 0.3) is 6.08 Å². The molecule has 1 fully saturated rings. The van der Waals surface area contributed by atoms with Gasteiger partial charge in [0.2, 0.25) is 5.88 Å². The number of nitrogens with zero attached hydrogens (tertiary/aromatic N) is 3. The van der Waals surface area contributed by atoms with Gasteiger partial charge in [0, 0.05) is 6.04 Å². The quantitative estimate of drug-likeness (QED) is 0.780. The van der Waals surface area contributed by atoms with Crippen molar-refractivity contribution in [3.63, 3.8) is 0 Å². The third kappa shape index (κ3) is 3.41. The molecule has 8 heteroatoms. The summed E-state index contributed by atoms with van der Waals surface area (Å²) in [5.41, 5.74) is -0.244. The van der Waals surface area contributed by atoms with E-state index in [2.05, 4.69) is 10.1 Å². The summed E-state index contributed by atoms with van der Waals surface area (Å²) in [5.74, 6) is -0.806. The van der Waals surface area contributed by atoms with Gasteiger partial charge in [-0.15, -0.1) is 0 Å². The van der Waals surface area contributed by atoms with E-state index in [-0.39, 0.29) is 17.2 Å². The van der Waals surface area contributed by atoms with Gasteiger partial charge in [0.05, 0.1) is 17.0 Å². The Labute approximate surface area is 166 Å². The monoisotopic (exact) mass is 394 g/mol. The summed E-state index contributed by atoms with van der Waals surface area (Å²) < 4.78 is 1.24. The summed E-state index contributed by atoms with van der Waals surface area (Å²) in [5, 5.41) is 16.3. The largest absolute Gasteiger partial charge is 0.494 e. The normalized spacial score (nSPS) is 19.1. The molecule has 0 saturated heterocycles. The number of rotatable bonds is 3. The molecule has 1 aliphatic carbocycles. The fourth-order valence-corrected chi connectivity index (χ4v) is 3.93. The van der Waals surface area contributed by atoms with Gasteiger partial charge in [-0.25, -0.2) is 4.79 Å². The molecule has 0 bridgehead atoms. The highest BCUT2D eigenvalue weighted by Crippen LogP contribution is 2.31. The second kappa shape index (κ2) is 7.54. The average Bonchev–Trinajstić information content (AvgIpc) is 3.00. The molecule has 4 rings (SSSR count). The van der Waals surface area contributed by atoms with Gasteiger partial charge in [0.15, 0.2) is 0 Å². The van der Waals surface area contributed by atoms with Crippen LogP contribution in [0, 0.1) is 0 Å². The fraction of sp³-hybridized carbons (Fsp3) is 0.333. The molecule has 2 aliphatic rings. The smallest absolute Gasteiger partial charge is 0.331 e. The summed E-state index contributed by atoms with van der Waals surface area (Å²) in [6, 6.07) is 8.78. The summed E-state index contributed by atoms with van der Waals surface area (Å²) in [6.45, 7) is 1.66. The van der Waals surface area contributed by atoms with E-state index >= 15 is 0 Å². The van der Waals surface area contributed by atoms with Crippen LogP contribution >= 0.6 is 0 Å². The first-order chi connectivity index (χ1) is 14.0. The minimum Gasteiger partial charge on any atom is -0.494 e. The molecule has 1 aromatic carbocycles. The molecule has 29 heavy (non-hydrogen) atoms. The molecule has 150 valence electrons. The van der Waals surface area contributed by atoms with Crippen molar-refractivity contribution in [2.75, 3.05) is 5.01 Å². The number of hydrogen-bond acceptors (Lipinski definition) is 5. The predicted octanol–water partition coefficient (Wildman–Crippen LogP) is 2.55. The molecule has 8 nitrogen and oxygen atoms in total. The number of benzene rings is 1. The second-order valence-electron chi connectivity index (χ2n) is 7.35. The van der Waals surface area contributed by atoms with Crippen molar-refractivity contribution in [2.24, 2.45) is 5.10 Å². The van der Waals surface area contributed by atoms with Crippen LogP contribution in [0.3, 0.4) is 0 Å². The Morgan fingerprint density at radius 1 is 1.10 bits per heavy atom. The van der Waals surface area contributed by atoms with Crippen molar-refractivity contribution in [3.8, 4) is 5.88 Å². The molecule has 1 saturated carbocycles. The van der Waals surface area contributed by atoms with E-state index in [4.69, 9.17) is 0 Å². The second-order valence-corrected chi connectivity index (χ2v) is 7.35. The van der Waals surface area contributed by atoms with E-state index in [1.165, 1.54) is 15.7 Å². The SMILES string of the molecule is CC1=NN(c2ccccc2)C(=O)C1=Cc1c(O)n(C2CCCCC2)c(=O)[nH]c1=O. The van der Waals surface area contributed by atoms with Crippen LogP contribution in [0.2, 0.25) is 0 Å². The number of carbonyl (C=O) groups is 1. The molecular formula is C21H22N4O4. The summed E-state index contributed by atoms with van der Waals surface area (Å²) in [7, 11) is 0. The highest BCUT2D eigenvalue weighted by Gasteiger charge is 2.30. The molecule has 0 unspecified atom stereocenters. The predicted molar refractivity (Wildman–Crippen MR) is 110 cm³/mol. The Balaban J connectivity index is 1.77. The van der Waals surface area contributed by atoms with Crippen LogP contribution < -0.4 is 16.3 Å². The number of aromatic nitrogens is 2. The summed E-state index contributed by atoms with van der Waals surface area (Å²) >= 11 is 0. The first-order valence-electron chi connectivity index (χ1n) is 9.72. The molecule has 0 atom stereocenters. The van der Waals surface area contributed by atoms with Crippen LogP contribution in [0.5, 0.6) is 5.88 Å². The number of para-hydroxylation sites is 1. The Morgan fingerprint density at radius 2 is 1.79 bits per heavy atom. The van der Waals surface area contributed by atoms with Gasteiger partial charge in [0.1, 0.15) is 5.56 Å². The van der Waals surface area contributed by atoms with Crippen molar-refractivity contribution in [3.05, 3.63) is 62.3 Å². The first kappa shape index (κ1) is 18.9. The number of hydrogen-bond donors (Lipinski definition) is 2. The van der Waals surface area contributed by atoms with Gasteiger partial charge in [-0.3, -0.25) is 19.1 Å². The van der Waals surface area contributed by atoms with Crippen LogP contribution in [-0.4, -0.2) is 26.3 Å². The van der Waals surface area contributed by atoms with Gasteiger partial charge >= 0.3 is 5.69 Å². The lowest BCUT2D eigenvalue weighted by Crippen LogP contribution is -2.34. The third-order valence-corrected chi connectivity index (χ3v) is 5.44. The van der Waals surface area contributed by atoms with E-state index in [9.17, 15) is 19.5 Å². The lowest BCUT2D eigenvalue weighted by atomic mass is 9.95. The lowest BCUT2D eigenvalue weighted by Gasteiger charge is -2.24. The number of hydrazone groups is 1. The summed E-state index contributed by atoms with van der Waals surface area (Å²) in [6.07, 6.45) is 5.85. The zero-order chi connectivity index (χ0) is 20.5. The zero-order valence-electron chi connectivity index (χ0n) is 16.1. The number of aromatic amines is 1. The topological polar surface area (TPSA) is 108 Å². The Bertz CT molecular complexity index is 1120. The number of nitrogens with one attached hydrogen (secondary N) is 1. The van der Waals surface area contributed by atoms with E-state index in [0.717, 1.165) is 32.1 Å². The highest BCUT2D eigenvalue weighted by atomic mass is 16.3. The standard InChI is InChI=1S/C21H22N4O4/c1-13-16(20(28)25(23-13)15-10-6-3-7-11-15)12-17-18(26)22-21(29)24(19(17)27)14-8-4-2-5-9-14/h3,6-7,10-12,14,27H,2,4-5,8-9H2,1H3,(H,22,26,29). The number of aromatic hydroxyl groups is 1. The molecule has 2 N–H and O–H groups in total. The number of amides is 1. The van der Waals surface area contributed by atoms with Crippen molar-refractivity contribution in [1.82, 2.24) is 9.55 Å². The number of carbonyl (C=O) groups excluding carboxylic acids is 1. The van der Waals surface area contributed by atoms with Gasteiger partial charge < -0.3 is 5.11 Å². The van der Waals surface area contributed by atoms with Crippen LogP contribution in [0.15, 0.2) is 50.6 Å². The van der Waals surface area contributed by atoms with Crippen LogP contribution in [0.4, 0.5) is 5.69 Å². The van der Waals surface area contributed by atoms with Crippen molar-refractivity contribution < 1.29 is 9.90 Å². The van der Waals surface area contributed by atoms with E-state index in [1.54, 1.807) is 31.2 Å². The van der Waals surface area contributed by atoms with Crippen LogP contribution in [-0.2, 0) is 4.79 Å². The minimum atomic E-state index is -0.731. The highest BCUT2D eigenvalue weighted by molar-refractivity contribution is 6.32. The van der Waals surface area contributed by atoms with Crippen molar-refractivity contribution in [1.29, 1.82) is 0 Å². The average molecular weight is 394 g/mol. The first-order valence-corrected chi connectivity index (χ1v) is 9.72. The Hall–Kier alpha value is -3.42. The van der Waals surface area contributed by atoms with Crippen LogP contribution in [0.1, 0.15) is 50.6 Å². The Morgan fingerprint density at radius 3 is 2.48 bits per heavy atom. The maximum absolute atomic E-state index is 12.9. The van der Waals surface area contributed by atoms with E-state index in [1.807, 2.05) is 6.07 Å². The molecule has 1 aliphatic heterocycles. The molecule has 0 spiro atoms. The molecule has 1 amide bonds. The molecule has 1 aromatic heterocycles.